The lowest BCUT2D eigenvalue weighted by molar-refractivity contribution is -0.144. The van der Waals surface area contributed by atoms with Crippen LogP contribution in [0.25, 0.3) is 0 Å². The first-order valence-electron chi connectivity index (χ1n) is 7.33. The fourth-order valence-electron chi connectivity index (χ4n) is 2.04. The molecule has 1 fully saturated rings. The zero-order chi connectivity index (χ0) is 15.7. The summed E-state index contributed by atoms with van der Waals surface area (Å²) in [4.78, 5) is 26.9. The minimum Gasteiger partial charge on any atom is -0.383 e. The molecule has 0 atom stereocenters. The zero-order valence-electron chi connectivity index (χ0n) is 13.3. The molecule has 1 saturated heterocycles. The first kappa shape index (κ1) is 17.9. The molecule has 122 valence electrons. The summed E-state index contributed by atoms with van der Waals surface area (Å²) in [6.45, 7) is 2.72. The van der Waals surface area contributed by atoms with Gasteiger partial charge in [0.2, 0.25) is 11.8 Å². The summed E-state index contributed by atoms with van der Waals surface area (Å²) in [5, 5.41) is 3.25. The van der Waals surface area contributed by atoms with Crippen molar-refractivity contribution in [2.24, 2.45) is 0 Å². The number of amides is 2. The second kappa shape index (κ2) is 9.70. The molecule has 0 aliphatic carbocycles. The van der Waals surface area contributed by atoms with Crippen LogP contribution in [-0.4, -0.2) is 88.3 Å². The molecule has 1 aliphatic heterocycles. The molecule has 1 rings (SSSR count). The topological polar surface area (TPSA) is 71.1 Å². The van der Waals surface area contributed by atoms with Gasteiger partial charge in [-0.15, -0.1) is 0 Å². The number of hydrogen-bond acceptors (Lipinski definition) is 5. The molecule has 1 N–H and O–H groups in total. The van der Waals surface area contributed by atoms with E-state index in [1.165, 1.54) is 9.80 Å². The number of piperidine rings is 1. The summed E-state index contributed by atoms with van der Waals surface area (Å²) in [7, 11) is 4.92. The quantitative estimate of drug-likeness (QED) is 0.643. The van der Waals surface area contributed by atoms with E-state index < -0.39 is 0 Å². The third-order valence-corrected chi connectivity index (χ3v) is 3.47. The van der Waals surface area contributed by atoms with Crippen molar-refractivity contribution in [1.82, 2.24) is 15.1 Å². The Hall–Kier alpha value is -1.18. The number of ether oxygens (including phenoxy) is 2. The predicted octanol–water partition coefficient (Wildman–Crippen LogP) is -0.682. The number of carbonyl (C=O) groups excluding carboxylic acids is 2. The number of hydrogen-bond donors (Lipinski definition) is 1. The largest absolute Gasteiger partial charge is 0.383 e. The Labute approximate surface area is 126 Å². The molecule has 21 heavy (non-hydrogen) atoms. The summed E-state index contributed by atoms with van der Waals surface area (Å²) in [6.07, 6.45) is 1.97. The summed E-state index contributed by atoms with van der Waals surface area (Å²) < 4.78 is 10.6. The van der Waals surface area contributed by atoms with Crippen LogP contribution in [0, 0.1) is 0 Å². The first-order valence-corrected chi connectivity index (χ1v) is 7.33. The maximum Gasteiger partial charge on any atom is 0.249 e. The van der Waals surface area contributed by atoms with E-state index in [1.807, 2.05) is 0 Å². The van der Waals surface area contributed by atoms with Crippen LogP contribution in [0.4, 0.5) is 0 Å². The highest BCUT2D eigenvalue weighted by molar-refractivity contribution is 5.85. The highest BCUT2D eigenvalue weighted by Crippen LogP contribution is 2.07. The molecule has 0 spiro atoms. The Balaban J connectivity index is 2.43. The number of rotatable bonds is 8. The van der Waals surface area contributed by atoms with Gasteiger partial charge in [0.1, 0.15) is 6.61 Å². The van der Waals surface area contributed by atoms with Gasteiger partial charge in [0.05, 0.1) is 19.3 Å². The van der Waals surface area contributed by atoms with Gasteiger partial charge in [-0.3, -0.25) is 9.59 Å². The van der Waals surface area contributed by atoms with Gasteiger partial charge in [-0.2, -0.15) is 0 Å². The van der Waals surface area contributed by atoms with E-state index in [2.05, 4.69) is 5.32 Å². The summed E-state index contributed by atoms with van der Waals surface area (Å²) in [6, 6.07) is 0. The molecule has 1 aliphatic rings. The van der Waals surface area contributed by atoms with Crippen LogP contribution in [0.5, 0.6) is 0 Å². The third kappa shape index (κ3) is 6.88. The van der Waals surface area contributed by atoms with Crippen molar-refractivity contribution in [3.63, 3.8) is 0 Å². The Kier molecular flexibility index (Phi) is 8.26. The van der Waals surface area contributed by atoms with Gasteiger partial charge in [-0.1, -0.05) is 0 Å². The smallest absolute Gasteiger partial charge is 0.249 e. The van der Waals surface area contributed by atoms with Crippen LogP contribution in [0.2, 0.25) is 0 Å². The van der Waals surface area contributed by atoms with Gasteiger partial charge in [-0.05, 0) is 25.9 Å². The molecule has 0 bridgehead atoms. The molecule has 0 unspecified atom stereocenters. The lowest BCUT2D eigenvalue weighted by Crippen LogP contribution is -2.44. The molecule has 7 heteroatoms. The van der Waals surface area contributed by atoms with E-state index in [9.17, 15) is 9.59 Å². The standard InChI is InChI=1S/C14H27N3O4/c1-16(2)13(18)10-17(8-9-20-3)14(19)11-21-12-4-6-15-7-5-12/h12,15H,4-11H2,1-3H3. The number of carbonyl (C=O) groups is 2. The number of likely N-dealkylation sites (N-methyl/N-ethyl adjacent to an activating group) is 1. The maximum absolute atomic E-state index is 12.2. The van der Waals surface area contributed by atoms with Gasteiger partial charge in [0, 0.05) is 27.7 Å². The number of methoxy groups -OCH3 is 1. The van der Waals surface area contributed by atoms with E-state index in [-0.39, 0.29) is 31.1 Å². The van der Waals surface area contributed by atoms with Gasteiger partial charge in [0.15, 0.2) is 0 Å². The monoisotopic (exact) mass is 301 g/mol. The number of nitrogens with zero attached hydrogens (tertiary/aromatic N) is 2. The van der Waals surface area contributed by atoms with Crippen LogP contribution in [0.1, 0.15) is 12.8 Å². The highest BCUT2D eigenvalue weighted by atomic mass is 16.5. The molecule has 0 saturated carbocycles. The van der Waals surface area contributed by atoms with Gasteiger partial charge < -0.3 is 24.6 Å². The van der Waals surface area contributed by atoms with Crippen LogP contribution < -0.4 is 5.32 Å². The van der Waals surface area contributed by atoms with E-state index in [0.29, 0.717) is 13.2 Å². The zero-order valence-corrected chi connectivity index (χ0v) is 13.3. The van der Waals surface area contributed by atoms with E-state index in [4.69, 9.17) is 9.47 Å². The molecule has 0 aromatic rings. The van der Waals surface area contributed by atoms with Crippen LogP contribution >= 0.6 is 0 Å². The average molecular weight is 301 g/mol. The second-order valence-electron chi connectivity index (χ2n) is 5.36. The summed E-state index contributed by atoms with van der Waals surface area (Å²) in [5.74, 6) is -0.276. The third-order valence-electron chi connectivity index (χ3n) is 3.47. The lowest BCUT2D eigenvalue weighted by Gasteiger charge is -2.26. The Morgan fingerprint density at radius 2 is 1.86 bits per heavy atom. The predicted molar refractivity (Wildman–Crippen MR) is 79.0 cm³/mol. The van der Waals surface area contributed by atoms with Crippen LogP contribution in [0.3, 0.4) is 0 Å². The average Bonchev–Trinajstić information content (AvgIpc) is 2.49. The molecular weight excluding hydrogens is 274 g/mol. The fourth-order valence-corrected chi connectivity index (χ4v) is 2.04. The van der Waals surface area contributed by atoms with Crippen molar-refractivity contribution in [3.8, 4) is 0 Å². The minimum atomic E-state index is -0.166. The molecule has 0 radical (unpaired) electrons. The molecule has 2 amide bonds. The summed E-state index contributed by atoms with van der Waals surface area (Å²) in [5.41, 5.74) is 0. The van der Waals surface area contributed by atoms with Crippen molar-refractivity contribution < 1.29 is 19.1 Å². The molecule has 7 nitrogen and oxygen atoms in total. The van der Waals surface area contributed by atoms with Crippen molar-refractivity contribution in [2.45, 2.75) is 18.9 Å². The van der Waals surface area contributed by atoms with Gasteiger partial charge >= 0.3 is 0 Å². The van der Waals surface area contributed by atoms with Crippen molar-refractivity contribution in [3.05, 3.63) is 0 Å². The minimum absolute atomic E-state index is 0.0229. The van der Waals surface area contributed by atoms with E-state index in [0.717, 1.165) is 25.9 Å². The number of nitrogens with one attached hydrogen (secondary N) is 1. The van der Waals surface area contributed by atoms with Crippen molar-refractivity contribution >= 4 is 11.8 Å². The Morgan fingerprint density at radius 1 is 1.19 bits per heavy atom. The molecule has 1 heterocycles. The van der Waals surface area contributed by atoms with Crippen molar-refractivity contribution in [2.75, 3.05) is 60.6 Å². The van der Waals surface area contributed by atoms with Gasteiger partial charge in [0.25, 0.3) is 0 Å². The highest BCUT2D eigenvalue weighted by Gasteiger charge is 2.20. The Bertz CT molecular complexity index is 330. The molecular formula is C14H27N3O4. The van der Waals surface area contributed by atoms with Crippen LogP contribution in [-0.2, 0) is 19.1 Å². The first-order chi connectivity index (χ1) is 10.0. The van der Waals surface area contributed by atoms with Crippen molar-refractivity contribution in [1.29, 1.82) is 0 Å². The molecule has 0 aromatic carbocycles. The fraction of sp³-hybridized carbons (Fsp3) is 0.857. The normalized spacial score (nSPS) is 15.8. The maximum atomic E-state index is 12.2. The SMILES string of the molecule is COCCN(CC(=O)N(C)C)C(=O)COC1CCNCC1. The Morgan fingerprint density at radius 3 is 2.43 bits per heavy atom. The van der Waals surface area contributed by atoms with E-state index >= 15 is 0 Å². The second-order valence-corrected chi connectivity index (χ2v) is 5.36. The molecule has 0 aromatic heterocycles. The summed E-state index contributed by atoms with van der Waals surface area (Å²) >= 11 is 0. The van der Waals surface area contributed by atoms with Gasteiger partial charge in [-0.25, -0.2) is 0 Å². The van der Waals surface area contributed by atoms with Crippen LogP contribution in [0.15, 0.2) is 0 Å². The lowest BCUT2D eigenvalue weighted by atomic mass is 10.1. The van der Waals surface area contributed by atoms with E-state index in [1.54, 1.807) is 21.2 Å².